The summed E-state index contributed by atoms with van der Waals surface area (Å²) in [5.74, 6) is -0.183. The second-order valence-electron chi connectivity index (χ2n) is 3.01. The van der Waals surface area contributed by atoms with Gasteiger partial charge in [0, 0.05) is 5.02 Å². The number of hydrogen-bond acceptors (Lipinski definition) is 2. The van der Waals surface area contributed by atoms with Gasteiger partial charge >= 0.3 is 0 Å². The van der Waals surface area contributed by atoms with Crippen LogP contribution in [0.1, 0.15) is 18.5 Å². The standard InChI is InChI=1S/C10H13ClN2O/c1-7(13-10(14)6-12)8-4-2-3-5-9(8)11/h2-5,7H,6,12H2,1H3,(H,13,14)/t7-/m0/s1. The van der Waals surface area contributed by atoms with Crippen molar-refractivity contribution in [2.24, 2.45) is 5.73 Å². The Balaban J connectivity index is 2.74. The monoisotopic (exact) mass is 212 g/mol. The van der Waals surface area contributed by atoms with Crippen LogP contribution in [0.3, 0.4) is 0 Å². The summed E-state index contributed by atoms with van der Waals surface area (Å²) in [7, 11) is 0. The Labute approximate surface area is 88.2 Å². The maximum Gasteiger partial charge on any atom is 0.234 e. The first-order valence-corrected chi connectivity index (χ1v) is 4.76. The molecule has 3 N–H and O–H groups in total. The molecule has 0 saturated heterocycles. The summed E-state index contributed by atoms with van der Waals surface area (Å²) in [6.07, 6.45) is 0. The third kappa shape index (κ3) is 2.72. The minimum absolute atomic E-state index is 0.00517. The van der Waals surface area contributed by atoms with Gasteiger partial charge in [-0.05, 0) is 18.6 Å². The van der Waals surface area contributed by atoms with Crippen LogP contribution in [0.15, 0.2) is 24.3 Å². The van der Waals surface area contributed by atoms with Crippen molar-refractivity contribution >= 4 is 17.5 Å². The predicted octanol–water partition coefficient (Wildman–Crippen LogP) is 1.48. The molecule has 1 rings (SSSR count). The average Bonchev–Trinajstić information content (AvgIpc) is 2.18. The van der Waals surface area contributed by atoms with Crippen molar-refractivity contribution in [2.75, 3.05) is 6.54 Å². The highest BCUT2D eigenvalue weighted by Crippen LogP contribution is 2.21. The van der Waals surface area contributed by atoms with Crippen LogP contribution in [-0.2, 0) is 4.79 Å². The molecule has 14 heavy (non-hydrogen) atoms. The lowest BCUT2D eigenvalue weighted by Crippen LogP contribution is -2.32. The van der Waals surface area contributed by atoms with E-state index >= 15 is 0 Å². The number of benzene rings is 1. The molecule has 4 heteroatoms. The number of carbonyl (C=O) groups is 1. The summed E-state index contributed by atoms with van der Waals surface area (Å²) in [6, 6.07) is 7.29. The molecule has 0 fully saturated rings. The van der Waals surface area contributed by atoms with Crippen molar-refractivity contribution in [3.8, 4) is 0 Å². The Bertz CT molecular complexity index is 328. The number of nitrogens with two attached hydrogens (primary N) is 1. The van der Waals surface area contributed by atoms with Gasteiger partial charge < -0.3 is 11.1 Å². The van der Waals surface area contributed by atoms with E-state index in [2.05, 4.69) is 5.32 Å². The number of hydrogen-bond donors (Lipinski definition) is 2. The fraction of sp³-hybridized carbons (Fsp3) is 0.300. The molecule has 1 atom stereocenters. The Morgan fingerprint density at radius 3 is 2.79 bits per heavy atom. The largest absolute Gasteiger partial charge is 0.348 e. The van der Waals surface area contributed by atoms with E-state index in [0.29, 0.717) is 5.02 Å². The van der Waals surface area contributed by atoms with Gasteiger partial charge in [-0.1, -0.05) is 29.8 Å². The van der Waals surface area contributed by atoms with E-state index in [1.54, 1.807) is 6.07 Å². The molecule has 0 aliphatic carbocycles. The van der Waals surface area contributed by atoms with Crippen molar-refractivity contribution in [2.45, 2.75) is 13.0 Å². The maximum absolute atomic E-state index is 11.0. The summed E-state index contributed by atoms with van der Waals surface area (Å²) < 4.78 is 0. The van der Waals surface area contributed by atoms with Crippen LogP contribution in [0, 0.1) is 0 Å². The molecular weight excluding hydrogens is 200 g/mol. The zero-order chi connectivity index (χ0) is 10.6. The number of amides is 1. The first-order valence-electron chi connectivity index (χ1n) is 4.39. The molecule has 0 spiro atoms. The average molecular weight is 213 g/mol. The van der Waals surface area contributed by atoms with E-state index in [1.807, 2.05) is 25.1 Å². The smallest absolute Gasteiger partial charge is 0.234 e. The SMILES string of the molecule is C[C@H](NC(=O)CN)c1ccccc1Cl. The summed E-state index contributed by atoms with van der Waals surface area (Å²) in [5, 5.41) is 3.39. The van der Waals surface area contributed by atoms with E-state index in [1.165, 1.54) is 0 Å². The van der Waals surface area contributed by atoms with Crippen LogP contribution < -0.4 is 11.1 Å². The third-order valence-electron chi connectivity index (χ3n) is 1.93. The van der Waals surface area contributed by atoms with Crippen molar-refractivity contribution in [1.29, 1.82) is 0 Å². The first kappa shape index (κ1) is 11.0. The van der Waals surface area contributed by atoms with Gasteiger partial charge in [0.15, 0.2) is 0 Å². The van der Waals surface area contributed by atoms with Crippen LogP contribution in [0.5, 0.6) is 0 Å². The maximum atomic E-state index is 11.0. The highest BCUT2D eigenvalue weighted by molar-refractivity contribution is 6.31. The Morgan fingerprint density at radius 2 is 2.21 bits per heavy atom. The van der Waals surface area contributed by atoms with Gasteiger partial charge in [0.1, 0.15) is 0 Å². The van der Waals surface area contributed by atoms with Crippen molar-refractivity contribution in [3.63, 3.8) is 0 Å². The summed E-state index contributed by atoms with van der Waals surface area (Å²) >= 11 is 5.96. The van der Waals surface area contributed by atoms with Crippen molar-refractivity contribution < 1.29 is 4.79 Å². The first-order chi connectivity index (χ1) is 6.65. The lowest BCUT2D eigenvalue weighted by Gasteiger charge is -2.14. The molecule has 0 saturated carbocycles. The van der Waals surface area contributed by atoms with Gasteiger partial charge in [-0.15, -0.1) is 0 Å². The Kier molecular flexibility index (Phi) is 3.92. The van der Waals surface area contributed by atoms with E-state index in [9.17, 15) is 4.79 Å². The van der Waals surface area contributed by atoms with Crippen molar-refractivity contribution in [3.05, 3.63) is 34.9 Å². The molecule has 0 heterocycles. The van der Waals surface area contributed by atoms with Crippen molar-refractivity contribution in [1.82, 2.24) is 5.32 Å². The van der Waals surface area contributed by atoms with Crippen LogP contribution in [0.4, 0.5) is 0 Å². The van der Waals surface area contributed by atoms with Crippen LogP contribution in [-0.4, -0.2) is 12.5 Å². The van der Waals surface area contributed by atoms with Gasteiger partial charge in [-0.3, -0.25) is 4.79 Å². The Hall–Kier alpha value is -1.06. The van der Waals surface area contributed by atoms with E-state index in [0.717, 1.165) is 5.56 Å². The van der Waals surface area contributed by atoms with E-state index in [-0.39, 0.29) is 18.5 Å². The molecule has 0 aromatic heterocycles. The topological polar surface area (TPSA) is 55.1 Å². The molecule has 0 aliphatic heterocycles. The zero-order valence-corrected chi connectivity index (χ0v) is 8.71. The molecular formula is C10H13ClN2O. The number of carbonyl (C=O) groups excluding carboxylic acids is 1. The van der Waals surface area contributed by atoms with Gasteiger partial charge in [0.2, 0.25) is 5.91 Å². The quantitative estimate of drug-likeness (QED) is 0.798. The zero-order valence-electron chi connectivity index (χ0n) is 7.96. The van der Waals surface area contributed by atoms with Gasteiger partial charge in [0.25, 0.3) is 0 Å². The molecule has 0 unspecified atom stereocenters. The van der Waals surface area contributed by atoms with E-state index in [4.69, 9.17) is 17.3 Å². The molecule has 1 aromatic rings. The van der Waals surface area contributed by atoms with Gasteiger partial charge in [-0.2, -0.15) is 0 Å². The third-order valence-corrected chi connectivity index (χ3v) is 2.28. The summed E-state index contributed by atoms with van der Waals surface area (Å²) in [4.78, 5) is 11.0. The second-order valence-corrected chi connectivity index (χ2v) is 3.42. The molecule has 0 aliphatic rings. The van der Waals surface area contributed by atoms with Gasteiger partial charge in [-0.25, -0.2) is 0 Å². The van der Waals surface area contributed by atoms with Crippen LogP contribution in [0.2, 0.25) is 5.02 Å². The molecule has 0 bridgehead atoms. The second kappa shape index (κ2) is 4.98. The lowest BCUT2D eigenvalue weighted by atomic mass is 10.1. The fourth-order valence-corrected chi connectivity index (χ4v) is 1.50. The Morgan fingerprint density at radius 1 is 1.57 bits per heavy atom. The molecule has 1 aromatic carbocycles. The van der Waals surface area contributed by atoms with Crippen LogP contribution in [0.25, 0.3) is 0 Å². The molecule has 0 radical (unpaired) electrons. The van der Waals surface area contributed by atoms with Gasteiger partial charge in [0.05, 0.1) is 12.6 Å². The fourth-order valence-electron chi connectivity index (χ4n) is 1.20. The lowest BCUT2D eigenvalue weighted by molar-refractivity contribution is -0.120. The number of rotatable bonds is 3. The summed E-state index contributed by atoms with van der Waals surface area (Å²) in [6.45, 7) is 1.86. The predicted molar refractivity (Wildman–Crippen MR) is 57.1 cm³/mol. The molecule has 76 valence electrons. The normalized spacial score (nSPS) is 12.2. The molecule has 3 nitrogen and oxygen atoms in total. The highest BCUT2D eigenvalue weighted by Gasteiger charge is 2.10. The summed E-state index contributed by atoms with van der Waals surface area (Å²) in [5.41, 5.74) is 6.09. The minimum atomic E-state index is -0.183. The molecule has 1 amide bonds. The van der Waals surface area contributed by atoms with E-state index < -0.39 is 0 Å². The minimum Gasteiger partial charge on any atom is -0.348 e. The van der Waals surface area contributed by atoms with Crippen LogP contribution >= 0.6 is 11.6 Å². The number of halogens is 1. The number of nitrogens with one attached hydrogen (secondary N) is 1. The highest BCUT2D eigenvalue weighted by atomic mass is 35.5.